The largest absolute Gasteiger partial charge is 0.411 e. The standard InChI is InChI=1S/C17H16ClNO/c1-11-10-12(6-8-16(11)18)13-7-9-17(19-20)15-5-3-2-4-14(13)15/h2-6,8,10,13,20H,7,9H2,1H3/b19-17-/t13-/m0/s1. The summed E-state index contributed by atoms with van der Waals surface area (Å²) in [6.07, 6.45) is 1.75. The van der Waals surface area contributed by atoms with Crippen LogP contribution in [0.5, 0.6) is 0 Å². The quantitative estimate of drug-likeness (QED) is 0.595. The molecule has 0 aliphatic heterocycles. The van der Waals surface area contributed by atoms with Gasteiger partial charge in [-0.25, -0.2) is 0 Å². The van der Waals surface area contributed by atoms with Crippen molar-refractivity contribution in [1.82, 2.24) is 0 Å². The fourth-order valence-electron chi connectivity index (χ4n) is 2.97. The molecule has 1 atom stereocenters. The molecule has 102 valence electrons. The molecule has 1 aliphatic carbocycles. The summed E-state index contributed by atoms with van der Waals surface area (Å²) >= 11 is 6.11. The van der Waals surface area contributed by atoms with E-state index in [1.165, 1.54) is 11.1 Å². The van der Waals surface area contributed by atoms with Gasteiger partial charge < -0.3 is 5.21 Å². The van der Waals surface area contributed by atoms with Crippen molar-refractivity contribution < 1.29 is 5.21 Å². The second-order valence-electron chi connectivity index (χ2n) is 5.23. The molecule has 0 spiro atoms. The Bertz CT molecular complexity index is 678. The van der Waals surface area contributed by atoms with Crippen LogP contribution in [0, 0.1) is 6.92 Å². The van der Waals surface area contributed by atoms with Crippen molar-refractivity contribution in [3.63, 3.8) is 0 Å². The highest BCUT2D eigenvalue weighted by atomic mass is 35.5. The lowest BCUT2D eigenvalue weighted by Crippen LogP contribution is -2.17. The lowest BCUT2D eigenvalue weighted by atomic mass is 9.78. The van der Waals surface area contributed by atoms with Crippen molar-refractivity contribution in [3.8, 4) is 0 Å². The van der Waals surface area contributed by atoms with Gasteiger partial charge in [0.2, 0.25) is 0 Å². The van der Waals surface area contributed by atoms with Gasteiger partial charge in [-0.1, -0.05) is 53.2 Å². The van der Waals surface area contributed by atoms with Crippen LogP contribution < -0.4 is 0 Å². The number of rotatable bonds is 1. The third kappa shape index (κ3) is 2.20. The summed E-state index contributed by atoms with van der Waals surface area (Å²) in [7, 11) is 0. The third-order valence-corrected chi connectivity index (χ3v) is 4.45. The van der Waals surface area contributed by atoms with Crippen LogP contribution in [-0.4, -0.2) is 10.9 Å². The highest BCUT2D eigenvalue weighted by Crippen LogP contribution is 2.37. The average molecular weight is 286 g/mol. The van der Waals surface area contributed by atoms with E-state index in [0.29, 0.717) is 5.92 Å². The van der Waals surface area contributed by atoms with Gasteiger partial charge in [-0.15, -0.1) is 0 Å². The molecule has 3 rings (SSSR count). The van der Waals surface area contributed by atoms with Crippen LogP contribution in [0.15, 0.2) is 47.6 Å². The van der Waals surface area contributed by atoms with Crippen molar-refractivity contribution in [1.29, 1.82) is 0 Å². The van der Waals surface area contributed by atoms with Gasteiger partial charge in [0, 0.05) is 16.5 Å². The molecule has 1 aliphatic rings. The second kappa shape index (κ2) is 5.29. The van der Waals surface area contributed by atoms with E-state index in [-0.39, 0.29) is 0 Å². The van der Waals surface area contributed by atoms with Crippen molar-refractivity contribution >= 4 is 17.3 Å². The summed E-state index contributed by atoms with van der Waals surface area (Å²) < 4.78 is 0. The Labute approximate surface area is 123 Å². The van der Waals surface area contributed by atoms with E-state index in [1.807, 2.05) is 31.2 Å². The Hall–Kier alpha value is -1.80. The predicted octanol–water partition coefficient (Wildman–Crippen LogP) is 4.75. The van der Waals surface area contributed by atoms with Gasteiger partial charge in [-0.2, -0.15) is 0 Å². The number of fused-ring (bicyclic) bond motifs is 1. The first-order valence-electron chi connectivity index (χ1n) is 6.77. The van der Waals surface area contributed by atoms with Crippen molar-refractivity contribution in [2.45, 2.75) is 25.7 Å². The van der Waals surface area contributed by atoms with E-state index in [4.69, 9.17) is 16.8 Å². The summed E-state index contributed by atoms with van der Waals surface area (Å²) in [5.41, 5.74) is 5.44. The maximum Gasteiger partial charge on any atom is 0.0871 e. The van der Waals surface area contributed by atoms with Gasteiger partial charge in [0.15, 0.2) is 0 Å². The van der Waals surface area contributed by atoms with E-state index in [1.54, 1.807) is 0 Å². The molecule has 0 amide bonds. The minimum Gasteiger partial charge on any atom is -0.411 e. The van der Waals surface area contributed by atoms with E-state index in [9.17, 15) is 0 Å². The zero-order chi connectivity index (χ0) is 14.1. The Morgan fingerprint density at radius 1 is 1.20 bits per heavy atom. The van der Waals surface area contributed by atoms with Crippen LogP contribution in [0.4, 0.5) is 0 Å². The number of hydrogen-bond acceptors (Lipinski definition) is 2. The summed E-state index contributed by atoms with van der Waals surface area (Å²) in [4.78, 5) is 0. The molecule has 0 heterocycles. The lowest BCUT2D eigenvalue weighted by Gasteiger charge is -2.26. The fourth-order valence-corrected chi connectivity index (χ4v) is 3.09. The SMILES string of the molecule is Cc1cc([C@@H]2CC/C(=N/O)c3ccccc32)ccc1Cl. The topological polar surface area (TPSA) is 32.6 Å². The van der Waals surface area contributed by atoms with Gasteiger partial charge in [0.1, 0.15) is 0 Å². The fraction of sp³-hybridized carbons (Fsp3) is 0.235. The first-order valence-corrected chi connectivity index (χ1v) is 7.15. The lowest BCUT2D eigenvalue weighted by molar-refractivity contribution is 0.317. The van der Waals surface area contributed by atoms with E-state index < -0.39 is 0 Å². The molecule has 0 fully saturated rings. The van der Waals surface area contributed by atoms with Crippen LogP contribution in [0.3, 0.4) is 0 Å². The van der Waals surface area contributed by atoms with Gasteiger partial charge in [0.25, 0.3) is 0 Å². The molecule has 0 bridgehead atoms. The zero-order valence-electron chi connectivity index (χ0n) is 11.3. The van der Waals surface area contributed by atoms with Gasteiger partial charge in [0.05, 0.1) is 5.71 Å². The molecule has 0 saturated carbocycles. The van der Waals surface area contributed by atoms with Crippen molar-refractivity contribution in [3.05, 3.63) is 69.7 Å². The first-order chi connectivity index (χ1) is 9.70. The Morgan fingerprint density at radius 3 is 2.75 bits per heavy atom. The number of nitrogens with zero attached hydrogens (tertiary/aromatic N) is 1. The number of oxime groups is 1. The molecular weight excluding hydrogens is 270 g/mol. The maximum atomic E-state index is 9.15. The second-order valence-corrected chi connectivity index (χ2v) is 5.64. The average Bonchev–Trinajstić information content (AvgIpc) is 2.49. The Morgan fingerprint density at radius 2 is 2.00 bits per heavy atom. The van der Waals surface area contributed by atoms with E-state index >= 15 is 0 Å². The Balaban J connectivity index is 2.09. The van der Waals surface area contributed by atoms with Crippen molar-refractivity contribution in [2.75, 3.05) is 0 Å². The number of benzene rings is 2. The van der Waals surface area contributed by atoms with E-state index in [2.05, 4.69) is 23.4 Å². The molecule has 2 aromatic rings. The number of halogens is 1. The molecule has 2 nitrogen and oxygen atoms in total. The first kappa shape index (κ1) is 13.2. The van der Waals surface area contributed by atoms with Crippen LogP contribution >= 0.6 is 11.6 Å². The number of hydrogen-bond donors (Lipinski definition) is 1. The number of aryl methyl sites for hydroxylation is 1. The van der Waals surface area contributed by atoms with Crippen LogP contribution in [0.25, 0.3) is 0 Å². The summed E-state index contributed by atoms with van der Waals surface area (Å²) in [5, 5.41) is 13.4. The van der Waals surface area contributed by atoms with Gasteiger partial charge in [-0.3, -0.25) is 0 Å². The van der Waals surface area contributed by atoms with Crippen molar-refractivity contribution in [2.24, 2.45) is 5.16 Å². The van der Waals surface area contributed by atoms with Crippen LogP contribution in [-0.2, 0) is 0 Å². The molecule has 0 radical (unpaired) electrons. The molecule has 0 saturated heterocycles. The molecule has 0 unspecified atom stereocenters. The minimum atomic E-state index is 0.340. The zero-order valence-corrected chi connectivity index (χ0v) is 12.1. The van der Waals surface area contributed by atoms with E-state index in [0.717, 1.165) is 34.7 Å². The smallest absolute Gasteiger partial charge is 0.0871 e. The van der Waals surface area contributed by atoms with Gasteiger partial charge in [-0.05, 0) is 42.5 Å². The molecule has 2 aromatic carbocycles. The predicted molar refractivity (Wildman–Crippen MR) is 82.0 cm³/mol. The maximum absolute atomic E-state index is 9.15. The normalized spacial score (nSPS) is 19.9. The summed E-state index contributed by atoms with van der Waals surface area (Å²) in [5.74, 6) is 0.340. The minimum absolute atomic E-state index is 0.340. The summed E-state index contributed by atoms with van der Waals surface area (Å²) in [6, 6.07) is 14.4. The third-order valence-electron chi connectivity index (χ3n) is 4.02. The Kier molecular flexibility index (Phi) is 3.49. The van der Waals surface area contributed by atoms with Crippen LogP contribution in [0.2, 0.25) is 5.02 Å². The van der Waals surface area contributed by atoms with Gasteiger partial charge >= 0.3 is 0 Å². The molecule has 20 heavy (non-hydrogen) atoms. The monoisotopic (exact) mass is 285 g/mol. The molecular formula is C17H16ClNO. The van der Waals surface area contributed by atoms with Crippen LogP contribution in [0.1, 0.15) is 41.0 Å². The highest BCUT2D eigenvalue weighted by molar-refractivity contribution is 6.31. The highest BCUT2D eigenvalue weighted by Gasteiger charge is 2.25. The molecule has 3 heteroatoms. The summed E-state index contributed by atoms with van der Waals surface area (Å²) in [6.45, 7) is 2.03. The molecule has 1 N–H and O–H groups in total. The molecule has 0 aromatic heterocycles.